The maximum atomic E-state index is 14.1. The summed E-state index contributed by atoms with van der Waals surface area (Å²) in [6.07, 6.45) is 1.23. The molecule has 10 heteroatoms. The highest BCUT2D eigenvalue weighted by atomic mass is 19.1. The monoisotopic (exact) mass is 444 g/mol. The summed E-state index contributed by atoms with van der Waals surface area (Å²) >= 11 is 0. The van der Waals surface area contributed by atoms with Gasteiger partial charge in [-0.05, 0) is 59.3 Å². The van der Waals surface area contributed by atoms with Crippen molar-refractivity contribution in [2.45, 2.75) is 31.5 Å². The van der Waals surface area contributed by atoms with Gasteiger partial charge in [0.1, 0.15) is 29.1 Å². The summed E-state index contributed by atoms with van der Waals surface area (Å²) in [5.41, 5.74) is 6.70. The lowest BCUT2D eigenvalue weighted by molar-refractivity contribution is -0.141. The van der Waals surface area contributed by atoms with Gasteiger partial charge in [-0.25, -0.2) is 8.78 Å². The number of nitroso groups, excluding NO2 is 1. The van der Waals surface area contributed by atoms with Crippen LogP contribution >= 0.6 is 0 Å². The van der Waals surface area contributed by atoms with Crippen molar-refractivity contribution in [3.63, 3.8) is 0 Å². The minimum atomic E-state index is -1.22. The topological polar surface area (TPSA) is 114 Å². The van der Waals surface area contributed by atoms with Gasteiger partial charge in [-0.1, -0.05) is 12.1 Å². The Hall–Kier alpha value is -3.24. The molecule has 0 unspecified atom stereocenters. The van der Waals surface area contributed by atoms with Crippen molar-refractivity contribution < 1.29 is 23.1 Å². The highest BCUT2D eigenvalue weighted by molar-refractivity contribution is 5.99. The molecule has 168 valence electrons. The first-order valence-corrected chi connectivity index (χ1v) is 10.3. The number of nitrogens with two attached hydrogens (primary N) is 1. The molecule has 4 rings (SSSR count). The number of ether oxygens (including phenoxy) is 1. The van der Waals surface area contributed by atoms with Crippen LogP contribution in [0, 0.1) is 22.5 Å². The number of nitrogens with zero attached hydrogens (tertiary/aromatic N) is 2. The number of anilines is 1. The molecule has 2 aliphatic heterocycles. The summed E-state index contributed by atoms with van der Waals surface area (Å²) in [5, 5.41) is 5.14. The van der Waals surface area contributed by atoms with Crippen molar-refractivity contribution in [2.75, 3.05) is 18.5 Å². The third kappa shape index (κ3) is 4.11. The van der Waals surface area contributed by atoms with E-state index in [1.807, 2.05) is 0 Å². The maximum absolute atomic E-state index is 14.1. The van der Waals surface area contributed by atoms with Crippen molar-refractivity contribution in [3.8, 4) is 0 Å². The Morgan fingerprint density at radius 3 is 2.50 bits per heavy atom. The first kappa shape index (κ1) is 22.0. The van der Waals surface area contributed by atoms with E-state index >= 15 is 0 Å². The average molecular weight is 444 g/mol. The molecule has 0 spiro atoms. The summed E-state index contributed by atoms with van der Waals surface area (Å²) < 4.78 is 33.6. The fourth-order valence-electron chi connectivity index (χ4n) is 4.25. The molecule has 0 aromatic heterocycles. The Morgan fingerprint density at radius 1 is 1.16 bits per heavy atom. The summed E-state index contributed by atoms with van der Waals surface area (Å²) in [7, 11) is 0. The van der Waals surface area contributed by atoms with E-state index in [9.17, 15) is 23.3 Å². The normalized spacial score (nSPS) is 19.3. The average Bonchev–Trinajstić information content (AvgIpc) is 3.19. The van der Waals surface area contributed by atoms with Crippen molar-refractivity contribution in [1.82, 2.24) is 4.90 Å². The lowest BCUT2D eigenvalue weighted by atomic mass is 9.91. The molecule has 8 nitrogen and oxygen atoms in total. The number of fused-ring (bicyclic) bond motifs is 1. The van der Waals surface area contributed by atoms with E-state index in [4.69, 9.17) is 10.5 Å². The second-order valence-electron chi connectivity index (χ2n) is 7.90. The second-order valence-corrected chi connectivity index (χ2v) is 7.90. The summed E-state index contributed by atoms with van der Waals surface area (Å²) in [6, 6.07) is 5.60. The van der Waals surface area contributed by atoms with Crippen LogP contribution in [-0.4, -0.2) is 36.0 Å². The molecule has 32 heavy (non-hydrogen) atoms. The third-order valence-corrected chi connectivity index (χ3v) is 5.98. The Morgan fingerprint density at radius 2 is 1.84 bits per heavy atom. The van der Waals surface area contributed by atoms with Gasteiger partial charge < -0.3 is 20.7 Å². The van der Waals surface area contributed by atoms with Crippen LogP contribution in [-0.2, 0) is 20.9 Å². The lowest BCUT2D eigenvalue weighted by Crippen LogP contribution is -2.50. The molecule has 2 aromatic rings. The predicted octanol–water partition coefficient (Wildman–Crippen LogP) is 3.14. The van der Waals surface area contributed by atoms with Gasteiger partial charge in [0, 0.05) is 19.8 Å². The molecular weight excluding hydrogens is 422 g/mol. The van der Waals surface area contributed by atoms with Gasteiger partial charge in [-0.15, -0.1) is 4.91 Å². The van der Waals surface area contributed by atoms with Crippen molar-refractivity contribution in [1.29, 1.82) is 0 Å². The van der Waals surface area contributed by atoms with Gasteiger partial charge in [0.15, 0.2) is 0 Å². The molecule has 3 N–H and O–H groups in total. The minimum Gasteiger partial charge on any atom is -0.381 e. The molecule has 2 aliphatic rings. The number of halogens is 2. The zero-order valence-electron chi connectivity index (χ0n) is 17.1. The van der Waals surface area contributed by atoms with Crippen LogP contribution in [0.15, 0.2) is 41.6 Å². The van der Waals surface area contributed by atoms with Crippen LogP contribution in [0.5, 0.6) is 0 Å². The van der Waals surface area contributed by atoms with E-state index in [2.05, 4.69) is 10.5 Å². The Kier molecular flexibility index (Phi) is 6.24. The molecule has 2 heterocycles. The zero-order chi connectivity index (χ0) is 22.8. The Bertz CT molecular complexity index is 1040. The molecule has 2 atom stereocenters. The van der Waals surface area contributed by atoms with E-state index in [0.29, 0.717) is 37.2 Å². The molecule has 0 bridgehead atoms. The Balaban J connectivity index is 1.67. The molecule has 1 saturated heterocycles. The standard InChI is InChI=1S/C22H22F2N4O4/c23-16-2-1-3-17(24)19(16)26-21(29)20-15-10-14(27-31)5-4-13(15)11-28(20)22(30)18(25)12-6-8-32-9-7-12/h1-5,10,12,18,20H,6-9,11,25H2,(H,26,29)/t18-,20-/m0/s1. The SMILES string of the molecule is N[C@H](C(=O)N1Cc2ccc(N=O)cc2[C@H]1C(=O)Nc1c(F)cccc1F)C1CCOCC1. The summed E-state index contributed by atoms with van der Waals surface area (Å²) in [4.78, 5) is 38.8. The van der Waals surface area contributed by atoms with Crippen LogP contribution in [0.1, 0.15) is 30.0 Å². The van der Waals surface area contributed by atoms with Gasteiger partial charge >= 0.3 is 0 Å². The molecule has 0 aliphatic carbocycles. The van der Waals surface area contributed by atoms with Gasteiger partial charge in [0.25, 0.3) is 5.91 Å². The first-order chi connectivity index (χ1) is 15.4. The predicted molar refractivity (Wildman–Crippen MR) is 112 cm³/mol. The largest absolute Gasteiger partial charge is 0.381 e. The molecular formula is C22H22F2N4O4. The van der Waals surface area contributed by atoms with Crippen LogP contribution in [0.3, 0.4) is 0 Å². The smallest absolute Gasteiger partial charge is 0.252 e. The number of amides is 2. The number of para-hydroxylation sites is 1. The number of hydrogen-bond donors (Lipinski definition) is 2. The molecule has 1 fully saturated rings. The number of carbonyl (C=O) groups excluding carboxylic acids is 2. The minimum absolute atomic E-state index is 0.0710. The van der Waals surface area contributed by atoms with Crippen LogP contribution in [0.2, 0.25) is 0 Å². The van der Waals surface area contributed by atoms with Gasteiger partial charge in [-0.2, -0.15) is 0 Å². The van der Waals surface area contributed by atoms with E-state index in [1.165, 1.54) is 23.1 Å². The van der Waals surface area contributed by atoms with Crippen LogP contribution in [0.4, 0.5) is 20.2 Å². The number of nitrogens with one attached hydrogen (secondary N) is 1. The van der Waals surface area contributed by atoms with E-state index < -0.39 is 41.2 Å². The molecule has 0 saturated carbocycles. The van der Waals surface area contributed by atoms with E-state index in [1.54, 1.807) is 6.07 Å². The van der Waals surface area contributed by atoms with Gasteiger partial charge in [0.2, 0.25) is 5.91 Å². The maximum Gasteiger partial charge on any atom is 0.252 e. The fraction of sp³-hybridized carbons (Fsp3) is 0.364. The Labute approximate surface area is 182 Å². The van der Waals surface area contributed by atoms with Crippen molar-refractivity contribution in [3.05, 3.63) is 64.1 Å². The number of carbonyl (C=O) groups is 2. The number of benzene rings is 2. The summed E-state index contributed by atoms with van der Waals surface area (Å²) in [5.74, 6) is -3.28. The third-order valence-electron chi connectivity index (χ3n) is 5.98. The quantitative estimate of drug-likeness (QED) is 0.688. The van der Waals surface area contributed by atoms with E-state index in [-0.39, 0.29) is 18.2 Å². The molecule has 2 aromatic carbocycles. The highest BCUT2D eigenvalue weighted by Crippen LogP contribution is 2.38. The van der Waals surface area contributed by atoms with Crippen molar-refractivity contribution in [2.24, 2.45) is 16.8 Å². The number of hydrogen-bond acceptors (Lipinski definition) is 6. The van der Waals surface area contributed by atoms with Crippen LogP contribution < -0.4 is 11.1 Å². The van der Waals surface area contributed by atoms with E-state index in [0.717, 1.165) is 12.1 Å². The fourth-order valence-corrected chi connectivity index (χ4v) is 4.25. The highest BCUT2D eigenvalue weighted by Gasteiger charge is 2.42. The number of rotatable bonds is 5. The van der Waals surface area contributed by atoms with Gasteiger partial charge in [-0.3, -0.25) is 9.59 Å². The first-order valence-electron chi connectivity index (χ1n) is 10.3. The molecule has 2 amide bonds. The molecule has 0 radical (unpaired) electrons. The van der Waals surface area contributed by atoms with Gasteiger partial charge in [0.05, 0.1) is 6.04 Å². The van der Waals surface area contributed by atoms with Crippen molar-refractivity contribution >= 4 is 23.2 Å². The van der Waals surface area contributed by atoms with Crippen LogP contribution in [0.25, 0.3) is 0 Å². The second kappa shape index (κ2) is 9.09. The lowest BCUT2D eigenvalue weighted by Gasteiger charge is -2.32. The zero-order valence-corrected chi connectivity index (χ0v) is 17.1. The summed E-state index contributed by atoms with van der Waals surface area (Å²) in [6.45, 7) is 1.06.